The van der Waals surface area contributed by atoms with Gasteiger partial charge in [0.2, 0.25) is 17.7 Å². The van der Waals surface area contributed by atoms with E-state index in [0.29, 0.717) is 5.69 Å². The highest BCUT2D eigenvalue weighted by atomic mass is 32.2. The van der Waals surface area contributed by atoms with Crippen LogP contribution in [0.3, 0.4) is 0 Å². The van der Waals surface area contributed by atoms with Crippen molar-refractivity contribution in [1.82, 2.24) is 4.90 Å². The third-order valence-corrected chi connectivity index (χ3v) is 6.97. The monoisotopic (exact) mass is 394 g/mol. The molecule has 1 aliphatic rings. The molecule has 27 heavy (non-hydrogen) atoms. The zero-order valence-electron chi connectivity index (χ0n) is 16.1. The van der Waals surface area contributed by atoms with Gasteiger partial charge in [0.15, 0.2) is 9.84 Å². The van der Waals surface area contributed by atoms with Crippen LogP contribution in [0.2, 0.25) is 0 Å². The highest BCUT2D eigenvalue weighted by Gasteiger charge is 2.49. The smallest absolute Gasteiger partial charge is 0.235 e. The molecule has 0 aliphatic carbocycles. The van der Waals surface area contributed by atoms with Crippen molar-refractivity contribution in [3.05, 3.63) is 24.3 Å². The number of hydrogen-bond donors (Lipinski definition) is 1. The van der Waals surface area contributed by atoms with E-state index in [4.69, 9.17) is 0 Å². The van der Waals surface area contributed by atoms with Crippen LogP contribution in [0.5, 0.6) is 0 Å². The zero-order valence-corrected chi connectivity index (χ0v) is 16.9. The summed E-state index contributed by atoms with van der Waals surface area (Å²) >= 11 is 0. The molecule has 1 N–H and O–H groups in total. The fraction of sp³-hybridized carbons (Fsp3) is 0.526. The number of nitrogens with one attached hydrogen (secondary N) is 1. The van der Waals surface area contributed by atoms with E-state index in [1.807, 2.05) is 13.8 Å². The SMILES string of the molecule is CC(=O)Nc1ccc(S(=O)(=O)CCCN2C(=O)CC(C)(C(C)C)C2=O)cc1. The summed E-state index contributed by atoms with van der Waals surface area (Å²) in [5.41, 5.74) is -0.196. The molecule has 1 unspecified atom stereocenters. The number of likely N-dealkylation sites (tertiary alicyclic amines) is 1. The van der Waals surface area contributed by atoms with Crippen LogP contribution in [-0.2, 0) is 24.2 Å². The number of imide groups is 1. The van der Waals surface area contributed by atoms with Crippen LogP contribution in [0.1, 0.15) is 40.5 Å². The summed E-state index contributed by atoms with van der Waals surface area (Å²) in [6.45, 7) is 7.07. The Labute approximate surface area is 160 Å². The summed E-state index contributed by atoms with van der Waals surface area (Å²) in [4.78, 5) is 37.1. The third kappa shape index (κ3) is 4.55. The maximum absolute atomic E-state index is 12.6. The summed E-state index contributed by atoms with van der Waals surface area (Å²) < 4.78 is 24.9. The molecule has 0 saturated carbocycles. The molecule has 1 saturated heterocycles. The van der Waals surface area contributed by atoms with Crippen LogP contribution in [0.4, 0.5) is 5.69 Å². The molecule has 0 bridgehead atoms. The summed E-state index contributed by atoms with van der Waals surface area (Å²) in [5.74, 6) is -0.835. The van der Waals surface area contributed by atoms with E-state index < -0.39 is 15.3 Å². The Morgan fingerprint density at radius 1 is 1.22 bits per heavy atom. The predicted molar refractivity (Wildman–Crippen MR) is 102 cm³/mol. The number of carbonyl (C=O) groups excluding carboxylic acids is 3. The number of amides is 3. The second kappa shape index (κ2) is 7.80. The van der Waals surface area contributed by atoms with Crippen molar-refractivity contribution < 1.29 is 22.8 Å². The minimum atomic E-state index is -3.54. The Kier molecular flexibility index (Phi) is 6.09. The van der Waals surface area contributed by atoms with Crippen molar-refractivity contribution in [2.45, 2.75) is 45.4 Å². The highest BCUT2D eigenvalue weighted by Crippen LogP contribution is 2.39. The summed E-state index contributed by atoms with van der Waals surface area (Å²) in [7, 11) is -3.54. The first-order valence-corrected chi connectivity index (χ1v) is 10.6. The van der Waals surface area contributed by atoms with Crippen LogP contribution in [0, 0.1) is 11.3 Å². The van der Waals surface area contributed by atoms with Crippen LogP contribution in [0.25, 0.3) is 0 Å². The average Bonchev–Trinajstić information content (AvgIpc) is 2.79. The molecule has 0 radical (unpaired) electrons. The topological polar surface area (TPSA) is 101 Å². The lowest BCUT2D eigenvalue weighted by Gasteiger charge is -2.26. The Bertz CT molecular complexity index is 845. The highest BCUT2D eigenvalue weighted by molar-refractivity contribution is 7.91. The second-order valence-electron chi connectivity index (χ2n) is 7.48. The minimum Gasteiger partial charge on any atom is -0.326 e. The largest absolute Gasteiger partial charge is 0.326 e. The number of rotatable bonds is 7. The molecule has 1 aliphatic heterocycles. The Morgan fingerprint density at radius 2 is 1.81 bits per heavy atom. The lowest BCUT2D eigenvalue weighted by Crippen LogP contribution is -2.37. The van der Waals surface area contributed by atoms with Gasteiger partial charge in [0, 0.05) is 25.6 Å². The summed E-state index contributed by atoms with van der Waals surface area (Å²) in [5, 5.41) is 2.57. The number of anilines is 1. The van der Waals surface area contributed by atoms with Gasteiger partial charge in [0.05, 0.1) is 16.1 Å². The van der Waals surface area contributed by atoms with Crippen LogP contribution in [-0.4, -0.2) is 43.3 Å². The number of carbonyl (C=O) groups is 3. The molecule has 3 amide bonds. The van der Waals surface area contributed by atoms with Crippen LogP contribution >= 0.6 is 0 Å². The van der Waals surface area contributed by atoms with Crippen LogP contribution < -0.4 is 5.32 Å². The summed E-state index contributed by atoms with van der Waals surface area (Å²) in [6.07, 6.45) is 0.350. The molecular formula is C19H26N2O5S. The maximum Gasteiger partial charge on any atom is 0.235 e. The van der Waals surface area contributed by atoms with Crippen molar-refractivity contribution in [3.63, 3.8) is 0 Å². The van der Waals surface area contributed by atoms with Crippen molar-refractivity contribution in [2.24, 2.45) is 11.3 Å². The van der Waals surface area contributed by atoms with Gasteiger partial charge < -0.3 is 5.32 Å². The Morgan fingerprint density at radius 3 is 2.30 bits per heavy atom. The first-order chi connectivity index (χ1) is 12.5. The van der Waals surface area contributed by atoms with Crippen LogP contribution in [0.15, 0.2) is 29.2 Å². The van der Waals surface area contributed by atoms with Gasteiger partial charge in [-0.1, -0.05) is 13.8 Å². The van der Waals surface area contributed by atoms with Gasteiger partial charge >= 0.3 is 0 Å². The molecule has 1 aromatic carbocycles. The zero-order chi connectivity index (χ0) is 20.4. The van der Waals surface area contributed by atoms with E-state index in [9.17, 15) is 22.8 Å². The van der Waals surface area contributed by atoms with Crippen molar-refractivity contribution in [2.75, 3.05) is 17.6 Å². The van der Waals surface area contributed by atoms with Gasteiger partial charge in [-0.2, -0.15) is 0 Å². The normalized spacial score (nSPS) is 20.4. The van der Waals surface area contributed by atoms with Crippen molar-refractivity contribution >= 4 is 33.2 Å². The Balaban J connectivity index is 1.99. The van der Waals surface area contributed by atoms with E-state index in [0.717, 1.165) is 0 Å². The first kappa shape index (κ1) is 21.1. The predicted octanol–water partition coefficient (Wildman–Crippen LogP) is 2.23. The number of benzene rings is 1. The van der Waals surface area contributed by atoms with Crippen molar-refractivity contribution in [3.8, 4) is 0 Å². The molecule has 1 atom stereocenters. The molecule has 8 heteroatoms. The molecule has 7 nitrogen and oxygen atoms in total. The molecule has 0 aromatic heterocycles. The van der Waals surface area contributed by atoms with E-state index in [-0.39, 0.29) is 53.7 Å². The fourth-order valence-electron chi connectivity index (χ4n) is 3.06. The quantitative estimate of drug-likeness (QED) is 0.715. The molecule has 1 aromatic rings. The standard InChI is InChI=1S/C19H26N2O5S/c1-13(2)19(4)12-17(23)21(18(19)24)10-5-11-27(25,26)16-8-6-15(7-9-16)20-14(3)22/h6-9,13H,5,10-12H2,1-4H3,(H,20,22). The lowest BCUT2D eigenvalue weighted by molar-refractivity contribution is -0.142. The molecule has 1 heterocycles. The van der Waals surface area contributed by atoms with E-state index in [2.05, 4.69) is 5.32 Å². The van der Waals surface area contributed by atoms with Gasteiger partial charge in [0.1, 0.15) is 0 Å². The van der Waals surface area contributed by atoms with Gasteiger partial charge in [-0.25, -0.2) is 8.42 Å². The number of nitrogens with zero attached hydrogens (tertiary/aromatic N) is 1. The van der Waals surface area contributed by atoms with Crippen molar-refractivity contribution in [1.29, 1.82) is 0 Å². The molecule has 148 valence electrons. The third-order valence-electron chi connectivity index (χ3n) is 5.16. The second-order valence-corrected chi connectivity index (χ2v) is 9.59. The summed E-state index contributed by atoms with van der Waals surface area (Å²) in [6, 6.07) is 5.91. The molecule has 1 fully saturated rings. The first-order valence-electron chi connectivity index (χ1n) is 8.92. The van der Waals surface area contributed by atoms with E-state index in [1.165, 1.54) is 36.1 Å². The van der Waals surface area contributed by atoms with Gasteiger partial charge in [0.25, 0.3) is 0 Å². The minimum absolute atomic E-state index is 0.0322. The average molecular weight is 394 g/mol. The molecule has 0 spiro atoms. The van der Waals surface area contributed by atoms with E-state index in [1.54, 1.807) is 6.92 Å². The van der Waals surface area contributed by atoms with Gasteiger partial charge in [-0.05, 0) is 43.5 Å². The molecular weight excluding hydrogens is 368 g/mol. The maximum atomic E-state index is 12.6. The van der Waals surface area contributed by atoms with Gasteiger partial charge in [-0.3, -0.25) is 19.3 Å². The number of hydrogen-bond acceptors (Lipinski definition) is 5. The number of sulfone groups is 1. The fourth-order valence-corrected chi connectivity index (χ4v) is 4.36. The van der Waals surface area contributed by atoms with E-state index >= 15 is 0 Å². The lowest BCUT2D eigenvalue weighted by atomic mass is 9.78. The Hall–Kier alpha value is -2.22. The van der Waals surface area contributed by atoms with Gasteiger partial charge in [-0.15, -0.1) is 0 Å². The molecule has 2 rings (SSSR count).